The first kappa shape index (κ1) is 12.2. The standard InChI is InChI=1S/C15H13N3O2/c1-19-13-9-5-3-7-11(13)15-17-14(18-20-15)10-6-2-4-8-12(10)16/h2-9H,16H2,1H3. The van der Waals surface area contributed by atoms with Gasteiger partial charge in [-0.05, 0) is 24.3 Å². The third kappa shape index (κ3) is 2.09. The number of anilines is 1. The minimum Gasteiger partial charge on any atom is -0.496 e. The molecule has 0 bridgehead atoms. The molecule has 0 fully saturated rings. The van der Waals surface area contributed by atoms with E-state index < -0.39 is 0 Å². The number of nitrogens with zero attached hydrogens (tertiary/aromatic N) is 2. The number of rotatable bonds is 3. The van der Waals surface area contributed by atoms with E-state index in [0.29, 0.717) is 23.2 Å². The minimum atomic E-state index is 0.403. The molecule has 0 aliphatic heterocycles. The average molecular weight is 267 g/mol. The molecule has 0 atom stereocenters. The molecule has 0 saturated heterocycles. The molecule has 1 heterocycles. The van der Waals surface area contributed by atoms with E-state index in [1.807, 2.05) is 42.5 Å². The van der Waals surface area contributed by atoms with Gasteiger partial charge < -0.3 is 15.0 Å². The summed E-state index contributed by atoms with van der Waals surface area (Å²) < 4.78 is 10.6. The highest BCUT2D eigenvalue weighted by Gasteiger charge is 2.15. The van der Waals surface area contributed by atoms with Gasteiger partial charge in [-0.3, -0.25) is 0 Å². The summed E-state index contributed by atoms with van der Waals surface area (Å²) in [7, 11) is 1.60. The lowest BCUT2D eigenvalue weighted by atomic mass is 10.1. The smallest absolute Gasteiger partial charge is 0.262 e. The second kappa shape index (κ2) is 5.05. The van der Waals surface area contributed by atoms with Crippen molar-refractivity contribution >= 4 is 5.69 Å². The van der Waals surface area contributed by atoms with Crippen molar-refractivity contribution in [3.05, 3.63) is 48.5 Å². The van der Waals surface area contributed by atoms with Crippen molar-refractivity contribution in [1.29, 1.82) is 0 Å². The normalized spacial score (nSPS) is 10.4. The number of nitrogens with two attached hydrogens (primary N) is 1. The Labute approximate surface area is 116 Å². The lowest BCUT2D eigenvalue weighted by Gasteiger charge is -2.02. The van der Waals surface area contributed by atoms with Crippen molar-refractivity contribution in [2.75, 3.05) is 12.8 Å². The van der Waals surface area contributed by atoms with Gasteiger partial charge in [-0.25, -0.2) is 0 Å². The number of aromatic nitrogens is 2. The van der Waals surface area contributed by atoms with Gasteiger partial charge in [0.1, 0.15) is 5.75 Å². The molecule has 0 aliphatic rings. The maximum absolute atomic E-state index is 5.91. The molecule has 5 nitrogen and oxygen atoms in total. The Kier molecular flexibility index (Phi) is 3.09. The topological polar surface area (TPSA) is 74.2 Å². The van der Waals surface area contributed by atoms with Crippen LogP contribution in [0.25, 0.3) is 22.8 Å². The highest BCUT2D eigenvalue weighted by molar-refractivity contribution is 5.72. The van der Waals surface area contributed by atoms with Gasteiger partial charge in [0.15, 0.2) is 0 Å². The van der Waals surface area contributed by atoms with Crippen LogP contribution in [-0.4, -0.2) is 17.3 Å². The SMILES string of the molecule is COc1ccccc1-c1nc(-c2ccccc2N)no1. The van der Waals surface area contributed by atoms with Crippen LogP contribution in [0.5, 0.6) is 5.75 Å². The van der Waals surface area contributed by atoms with E-state index in [1.54, 1.807) is 13.2 Å². The van der Waals surface area contributed by atoms with Crippen LogP contribution in [0.4, 0.5) is 5.69 Å². The highest BCUT2D eigenvalue weighted by atomic mass is 16.5. The number of benzene rings is 2. The predicted octanol–water partition coefficient (Wildman–Crippen LogP) is 2.99. The van der Waals surface area contributed by atoms with E-state index in [9.17, 15) is 0 Å². The summed E-state index contributed by atoms with van der Waals surface area (Å²) in [4.78, 5) is 4.38. The predicted molar refractivity (Wildman–Crippen MR) is 76.1 cm³/mol. The van der Waals surface area contributed by atoms with Crippen molar-refractivity contribution < 1.29 is 9.26 Å². The van der Waals surface area contributed by atoms with Crippen molar-refractivity contribution in [2.45, 2.75) is 0 Å². The number of methoxy groups -OCH3 is 1. The van der Waals surface area contributed by atoms with E-state index >= 15 is 0 Å². The Hall–Kier alpha value is -2.82. The van der Waals surface area contributed by atoms with Crippen molar-refractivity contribution in [3.8, 4) is 28.6 Å². The molecule has 3 rings (SSSR count). The summed E-state index contributed by atoms with van der Waals surface area (Å²) in [5.74, 6) is 1.55. The number of hydrogen-bond donors (Lipinski definition) is 1. The Morgan fingerprint density at radius 1 is 1.00 bits per heavy atom. The Bertz CT molecular complexity index is 737. The summed E-state index contributed by atoms with van der Waals surface area (Å²) >= 11 is 0. The third-order valence-corrected chi connectivity index (χ3v) is 2.97. The fourth-order valence-corrected chi connectivity index (χ4v) is 1.96. The fraction of sp³-hybridized carbons (Fsp3) is 0.0667. The second-order valence-electron chi connectivity index (χ2n) is 4.21. The third-order valence-electron chi connectivity index (χ3n) is 2.97. The Morgan fingerprint density at radius 3 is 2.45 bits per heavy atom. The van der Waals surface area contributed by atoms with Gasteiger partial charge in [0.2, 0.25) is 5.82 Å². The zero-order valence-corrected chi connectivity index (χ0v) is 10.9. The number of para-hydroxylation sites is 2. The maximum Gasteiger partial charge on any atom is 0.262 e. The van der Waals surface area contributed by atoms with Crippen LogP contribution >= 0.6 is 0 Å². The number of hydrogen-bond acceptors (Lipinski definition) is 5. The van der Waals surface area contributed by atoms with Crippen LogP contribution in [0.2, 0.25) is 0 Å². The van der Waals surface area contributed by atoms with E-state index in [0.717, 1.165) is 11.1 Å². The van der Waals surface area contributed by atoms with Crippen molar-refractivity contribution in [1.82, 2.24) is 10.1 Å². The Morgan fingerprint density at radius 2 is 1.70 bits per heavy atom. The molecule has 0 spiro atoms. The second-order valence-corrected chi connectivity index (χ2v) is 4.21. The van der Waals surface area contributed by atoms with Gasteiger partial charge in [0.25, 0.3) is 5.89 Å². The molecule has 0 saturated carbocycles. The van der Waals surface area contributed by atoms with Gasteiger partial charge in [-0.15, -0.1) is 0 Å². The number of nitrogen functional groups attached to an aromatic ring is 1. The number of ether oxygens (including phenoxy) is 1. The van der Waals surface area contributed by atoms with Crippen LogP contribution in [0.3, 0.4) is 0 Å². The molecular formula is C15H13N3O2. The molecule has 2 N–H and O–H groups in total. The monoisotopic (exact) mass is 267 g/mol. The largest absolute Gasteiger partial charge is 0.496 e. The van der Waals surface area contributed by atoms with Crippen molar-refractivity contribution in [2.24, 2.45) is 0 Å². The molecule has 2 aromatic carbocycles. The van der Waals surface area contributed by atoms with Gasteiger partial charge in [-0.2, -0.15) is 4.98 Å². The van der Waals surface area contributed by atoms with Crippen LogP contribution in [-0.2, 0) is 0 Å². The van der Waals surface area contributed by atoms with Crippen LogP contribution in [0, 0.1) is 0 Å². The van der Waals surface area contributed by atoms with E-state index in [4.69, 9.17) is 15.0 Å². The van der Waals surface area contributed by atoms with Crippen molar-refractivity contribution in [3.63, 3.8) is 0 Å². The molecule has 0 aliphatic carbocycles. The van der Waals surface area contributed by atoms with E-state index in [1.165, 1.54) is 0 Å². The van der Waals surface area contributed by atoms with Crippen LogP contribution in [0.1, 0.15) is 0 Å². The lowest BCUT2D eigenvalue weighted by molar-refractivity contribution is 0.405. The zero-order valence-electron chi connectivity index (χ0n) is 10.9. The lowest BCUT2D eigenvalue weighted by Crippen LogP contribution is -1.91. The van der Waals surface area contributed by atoms with Gasteiger partial charge in [0.05, 0.1) is 12.7 Å². The first-order chi connectivity index (χ1) is 9.79. The summed E-state index contributed by atoms with van der Waals surface area (Å²) in [6.45, 7) is 0. The van der Waals surface area contributed by atoms with Crippen LogP contribution < -0.4 is 10.5 Å². The molecule has 5 heteroatoms. The first-order valence-corrected chi connectivity index (χ1v) is 6.11. The molecule has 0 amide bonds. The van der Waals surface area contributed by atoms with Gasteiger partial charge in [-0.1, -0.05) is 29.4 Å². The van der Waals surface area contributed by atoms with Gasteiger partial charge in [0, 0.05) is 11.3 Å². The molecule has 1 aromatic heterocycles. The van der Waals surface area contributed by atoms with Crippen LogP contribution in [0.15, 0.2) is 53.1 Å². The molecule has 0 radical (unpaired) electrons. The summed E-state index contributed by atoms with van der Waals surface area (Å²) in [6.07, 6.45) is 0. The van der Waals surface area contributed by atoms with Gasteiger partial charge >= 0.3 is 0 Å². The molecule has 0 unspecified atom stereocenters. The molecule has 20 heavy (non-hydrogen) atoms. The van der Waals surface area contributed by atoms with E-state index in [-0.39, 0.29) is 0 Å². The molecule has 100 valence electrons. The zero-order chi connectivity index (χ0) is 13.9. The summed E-state index contributed by atoms with van der Waals surface area (Å²) in [5, 5.41) is 3.98. The molecular weight excluding hydrogens is 254 g/mol. The van der Waals surface area contributed by atoms with E-state index in [2.05, 4.69) is 10.1 Å². The Balaban J connectivity index is 2.05. The molecule has 3 aromatic rings. The quantitative estimate of drug-likeness (QED) is 0.738. The summed E-state index contributed by atoms with van der Waals surface area (Å²) in [5.41, 5.74) is 8.02. The average Bonchev–Trinajstić information content (AvgIpc) is 2.97. The highest BCUT2D eigenvalue weighted by Crippen LogP contribution is 2.30. The first-order valence-electron chi connectivity index (χ1n) is 6.11. The summed E-state index contributed by atoms with van der Waals surface area (Å²) in [6, 6.07) is 14.9. The fourth-order valence-electron chi connectivity index (χ4n) is 1.96. The maximum atomic E-state index is 5.91. The minimum absolute atomic E-state index is 0.403.